The lowest BCUT2D eigenvalue weighted by atomic mass is 9.95. The predicted octanol–water partition coefficient (Wildman–Crippen LogP) is 5.17. The highest BCUT2D eigenvalue weighted by Gasteiger charge is 2.47. The van der Waals surface area contributed by atoms with Gasteiger partial charge in [0.1, 0.15) is 28.9 Å². The van der Waals surface area contributed by atoms with Crippen molar-refractivity contribution in [3.63, 3.8) is 0 Å². The Labute approximate surface area is 263 Å². The molecule has 1 saturated heterocycles. The first-order valence-corrected chi connectivity index (χ1v) is 15.2. The lowest BCUT2D eigenvalue weighted by Gasteiger charge is -2.50. The van der Waals surface area contributed by atoms with Gasteiger partial charge in [-0.15, -0.1) is 0 Å². The SMILES string of the molecule is C=CC(=O)N1C[C@@H]2C(=O)N(C)c3c(c4cc(Cl)c(-c5c(O)cccc5F)nc4n(-c4ccccc4C4(C)CC4)c3=O)N2[C@@H](C)C1. The molecule has 1 saturated carbocycles. The molecule has 2 amide bonds. The molecule has 11 heteroatoms. The van der Waals surface area contributed by atoms with Crippen LogP contribution < -0.4 is 15.4 Å². The van der Waals surface area contributed by atoms with Crippen LogP contribution in [-0.2, 0) is 15.0 Å². The zero-order valence-corrected chi connectivity index (χ0v) is 25.8. The van der Waals surface area contributed by atoms with Crippen LogP contribution in [0, 0.1) is 5.82 Å². The van der Waals surface area contributed by atoms with Crippen molar-refractivity contribution in [2.45, 2.75) is 44.2 Å². The number of hydrogen-bond acceptors (Lipinski definition) is 6. The van der Waals surface area contributed by atoms with E-state index in [9.17, 15) is 19.5 Å². The molecule has 0 spiro atoms. The summed E-state index contributed by atoms with van der Waals surface area (Å²) < 4.78 is 16.7. The van der Waals surface area contributed by atoms with Gasteiger partial charge in [0.25, 0.3) is 11.5 Å². The second-order valence-electron chi connectivity index (χ2n) is 12.4. The Morgan fingerprint density at radius 2 is 1.87 bits per heavy atom. The Bertz CT molecular complexity index is 2000. The number of fused-ring (bicyclic) bond motifs is 5. The maximum Gasteiger partial charge on any atom is 0.282 e. The zero-order chi connectivity index (χ0) is 31.9. The van der Waals surface area contributed by atoms with Crippen LogP contribution in [0.25, 0.3) is 28.0 Å². The second-order valence-corrected chi connectivity index (χ2v) is 12.8. The Balaban J connectivity index is 1.59. The Morgan fingerprint density at radius 3 is 2.56 bits per heavy atom. The summed E-state index contributed by atoms with van der Waals surface area (Å²) in [5.74, 6) is -1.67. The minimum atomic E-state index is -0.777. The van der Waals surface area contributed by atoms with E-state index in [4.69, 9.17) is 16.6 Å². The third kappa shape index (κ3) is 4.26. The molecule has 45 heavy (non-hydrogen) atoms. The number of likely N-dealkylation sites (N-methyl/N-ethyl adjacent to an activating group) is 1. The smallest absolute Gasteiger partial charge is 0.282 e. The quantitative estimate of drug-likeness (QED) is 0.314. The molecule has 2 aromatic carbocycles. The van der Waals surface area contributed by atoms with Gasteiger partial charge in [0.2, 0.25) is 5.91 Å². The van der Waals surface area contributed by atoms with Gasteiger partial charge >= 0.3 is 0 Å². The summed E-state index contributed by atoms with van der Waals surface area (Å²) in [6, 6.07) is 12.0. The highest BCUT2D eigenvalue weighted by Crippen LogP contribution is 2.50. The Hall–Kier alpha value is -4.70. The first-order valence-electron chi connectivity index (χ1n) is 14.8. The number of phenolic OH excluding ortho intramolecular Hbond substituents is 1. The minimum absolute atomic E-state index is 0.0192. The molecule has 2 aliphatic heterocycles. The number of rotatable bonds is 4. The number of carbonyl (C=O) groups excluding carboxylic acids is 2. The molecule has 7 rings (SSSR count). The number of carbonyl (C=O) groups is 2. The van der Waals surface area contributed by atoms with Gasteiger partial charge in [0.15, 0.2) is 0 Å². The number of nitrogens with zero attached hydrogens (tertiary/aromatic N) is 5. The minimum Gasteiger partial charge on any atom is -0.507 e. The van der Waals surface area contributed by atoms with Gasteiger partial charge in [0.05, 0.1) is 34.2 Å². The number of hydrogen-bond donors (Lipinski definition) is 1. The van der Waals surface area contributed by atoms with E-state index in [1.165, 1.54) is 33.7 Å². The molecule has 230 valence electrons. The summed E-state index contributed by atoms with van der Waals surface area (Å²) in [6.45, 7) is 8.02. The van der Waals surface area contributed by atoms with E-state index in [0.717, 1.165) is 18.4 Å². The van der Waals surface area contributed by atoms with Crippen LogP contribution >= 0.6 is 11.6 Å². The van der Waals surface area contributed by atoms with Gasteiger partial charge in [-0.25, -0.2) is 9.37 Å². The van der Waals surface area contributed by atoms with Crippen LogP contribution in [0.4, 0.5) is 15.8 Å². The molecule has 1 aliphatic carbocycles. The average molecular weight is 628 g/mol. The summed E-state index contributed by atoms with van der Waals surface area (Å²) in [6.07, 6.45) is 3.11. The van der Waals surface area contributed by atoms with Crippen LogP contribution in [0.5, 0.6) is 5.75 Å². The molecule has 2 atom stereocenters. The van der Waals surface area contributed by atoms with Crippen molar-refractivity contribution in [2.24, 2.45) is 0 Å². The zero-order valence-electron chi connectivity index (χ0n) is 25.1. The summed E-state index contributed by atoms with van der Waals surface area (Å²) in [7, 11) is 1.56. The molecule has 0 radical (unpaired) electrons. The number of para-hydroxylation sites is 1. The number of pyridine rings is 2. The first-order chi connectivity index (χ1) is 21.5. The number of aromatic nitrogens is 2. The highest BCUT2D eigenvalue weighted by atomic mass is 35.5. The van der Waals surface area contributed by atoms with Crippen LogP contribution in [-0.4, -0.2) is 63.6 Å². The fourth-order valence-corrected chi connectivity index (χ4v) is 7.15. The molecule has 0 unspecified atom stereocenters. The summed E-state index contributed by atoms with van der Waals surface area (Å²) in [5, 5.41) is 11.2. The number of benzene rings is 2. The number of piperazine rings is 1. The lowest BCUT2D eigenvalue weighted by molar-refractivity contribution is -0.129. The van der Waals surface area contributed by atoms with Crippen molar-refractivity contribution < 1.29 is 19.1 Å². The van der Waals surface area contributed by atoms with E-state index in [1.54, 1.807) is 18.0 Å². The maximum absolute atomic E-state index is 15.2. The molecule has 0 bridgehead atoms. The lowest BCUT2D eigenvalue weighted by Crippen LogP contribution is -2.66. The van der Waals surface area contributed by atoms with Crippen LogP contribution in [0.1, 0.15) is 32.3 Å². The van der Waals surface area contributed by atoms with Crippen molar-refractivity contribution in [2.75, 3.05) is 29.9 Å². The van der Waals surface area contributed by atoms with Crippen molar-refractivity contribution in [1.82, 2.24) is 14.5 Å². The van der Waals surface area contributed by atoms with Crippen molar-refractivity contribution >= 4 is 45.8 Å². The van der Waals surface area contributed by atoms with Crippen molar-refractivity contribution in [1.29, 1.82) is 0 Å². The fourth-order valence-electron chi connectivity index (χ4n) is 6.90. The topological polar surface area (TPSA) is 99.0 Å². The van der Waals surface area contributed by atoms with Gasteiger partial charge in [-0.2, -0.15) is 0 Å². The molecule has 4 aromatic rings. The standard InChI is InChI=1S/C34H31ClFN5O4/c1-5-26(43)39-16-18(2)40-24(17-39)32(44)38(4)30-29(40)19-15-21(35)28(27-22(36)10-8-12-25(27)42)37-31(19)41(33(30)45)23-11-7-6-9-20(23)34(3)13-14-34/h5-12,15,18,24,42H,1,13-14,16-17H2,2-4H3/t18-,24+/m0/s1. The number of halogens is 2. The molecular weight excluding hydrogens is 597 g/mol. The van der Waals surface area contributed by atoms with E-state index in [1.807, 2.05) is 36.1 Å². The highest BCUT2D eigenvalue weighted by molar-refractivity contribution is 6.34. The molecule has 2 fully saturated rings. The Kier molecular flexibility index (Phi) is 6.56. The summed E-state index contributed by atoms with van der Waals surface area (Å²) >= 11 is 6.85. The molecule has 1 N–H and O–H groups in total. The molecular formula is C34H31ClFN5O4. The van der Waals surface area contributed by atoms with Crippen LogP contribution in [0.15, 0.2) is 66.0 Å². The van der Waals surface area contributed by atoms with Gasteiger partial charge in [-0.05, 0) is 61.1 Å². The molecule has 2 aromatic heterocycles. The fraction of sp³-hybridized carbons (Fsp3) is 0.294. The summed E-state index contributed by atoms with van der Waals surface area (Å²) in [4.78, 5) is 51.0. The van der Waals surface area contributed by atoms with Crippen molar-refractivity contribution in [3.8, 4) is 22.7 Å². The molecule has 3 aliphatic rings. The third-order valence-corrected chi connectivity index (χ3v) is 9.75. The van der Waals surface area contributed by atoms with E-state index >= 15 is 4.39 Å². The van der Waals surface area contributed by atoms with E-state index < -0.39 is 17.4 Å². The Morgan fingerprint density at radius 1 is 1.13 bits per heavy atom. The number of aromatic hydroxyl groups is 1. The number of phenols is 1. The summed E-state index contributed by atoms with van der Waals surface area (Å²) in [5.41, 5.74) is 1.56. The first kappa shape index (κ1) is 29.0. The predicted molar refractivity (Wildman–Crippen MR) is 172 cm³/mol. The molecule has 9 nitrogen and oxygen atoms in total. The molecule has 4 heterocycles. The van der Waals surface area contributed by atoms with Crippen LogP contribution in [0.2, 0.25) is 5.02 Å². The monoisotopic (exact) mass is 627 g/mol. The van der Waals surface area contributed by atoms with E-state index in [0.29, 0.717) is 23.3 Å². The largest absolute Gasteiger partial charge is 0.507 e. The second kappa shape index (κ2) is 10.2. The van der Waals surface area contributed by atoms with Gasteiger partial charge < -0.3 is 19.8 Å². The van der Waals surface area contributed by atoms with E-state index in [2.05, 4.69) is 13.5 Å². The average Bonchev–Trinajstić information content (AvgIpc) is 3.77. The number of anilines is 2. The van der Waals surface area contributed by atoms with Crippen molar-refractivity contribution in [3.05, 3.63) is 87.9 Å². The van der Waals surface area contributed by atoms with E-state index in [-0.39, 0.29) is 63.2 Å². The maximum atomic E-state index is 15.2. The third-order valence-electron chi connectivity index (χ3n) is 9.46. The van der Waals surface area contributed by atoms with Crippen LogP contribution in [0.3, 0.4) is 0 Å². The normalized spacial score (nSPS) is 20.2. The van der Waals surface area contributed by atoms with Gasteiger partial charge in [-0.3, -0.25) is 19.0 Å². The van der Waals surface area contributed by atoms with Gasteiger partial charge in [0, 0.05) is 25.0 Å². The number of amides is 2. The van der Waals surface area contributed by atoms with Gasteiger partial charge in [-0.1, -0.05) is 49.4 Å².